The highest BCUT2D eigenvalue weighted by Gasteiger charge is 2.32. The van der Waals surface area contributed by atoms with Crippen LogP contribution in [0.1, 0.15) is 19.3 Å². The summed E-state index contributed by atoms with van der Waals surface area (Å²) in [6.45, 7) is 3.83. The first-order chi connectivity index (χ1) is 13.7. The highest BCUT2D eigenvalue weighted by molar-refractivity contribution is 7.15. The molecule has 0 radical (unpaired) electrons. The fraction of sp³-hybridized carbons (Fsp3) is 0.400. The van der Waals surface area contributed by atoms with Crippen molar-refractivity contribution in [3.05, 3.63) is 41.7 Å². The zero-order valence-corrected chi connectivity index (χ0v) is 16.3. The van der Waals surface area contributed by atoms with Gasteiger partial charge in [-0.2, -0.15) is 0 Å². The van der Waals surface area contributed by atoms with Crippen LogP contribution in [0.4, 0.5) is 15.0 Å². The molecule has 0 bridgehead atoms. The molecule has 0 spiro atoms. The highest BCUT2D eigenvalue weighted by atomic mass is 32.1. The lowest BCUT2D eigenvalue weighted by Gasteiger charge is -2.23. The Labute approximate surface area is 166 Å². The van der Waals surface area contributed by atoms with E-state index in [9.17, 15) is 9.18 Å². The van der Waals surface area contributed by atoms with Gasteiger partial charge in [0.15, 0.2) is 4.96 Å². The molecule has 2 fully saturated rings. The van der Waals surface area contributed by atoms with Crippen molar-refractivity contribution >= 4 is 28.1 Å². The lowest BCUT2D eigenvalue weighted by molar-refractivity contribution is 0.210. The molecule has 2 aromatic heterocycles. The Hall–Kier alpha value is -2.45. The van der Waals surface area contributed by atoms with Crippen molar-refractivity contribution in [3.8, 4) is 11.3 Å². The lowest BCUT2D eigenvalue weighted by atomic mass is 10.1. The average molecular weight is 399 g/mol. The lowest BCUT2D eigenvalue weighted by Crippen LogP contribution is -2.38. The number of thiazole rings is 1. The molecule has 0 saturated carbocycles. The number of aromatic nitrogens is 2. The van der Waals surface area contributed by atoms with Gasteiger partial charge < -0.3 is 4.90 Å². The van der Waals surface area contributed by atoms with Gasteiger partial charge in [-0.05, 0) is 56.6 Å². The number of carbonyl (C=O) groups is 1. The zero-order valence-electron chi connectivity index (χ0n) is 15.5. The Morgan fingerprint density at radius 2 is 1.96 bits per heavy atom. The largest absolute Gasteiger partial charge is 0.323 e. The number of likely N-dealkylation sites (tertiary alicyclic amines) is 2. The van der Waals surface area contributed by atoms with E-state index in [4.69, 9.17) is 0 Å². The number of carbonyl (C=O) groups excluding carboxylic acids is 1. The van der Waals surface area contributed by atoms with Crippen molar-refractivity contribution in [3.63, 3.8) is 0 Å². The molecule has 0 unspecified atom stereocenters. The Bertz CT molecular complexity index is 992. The maximum absolute atomic E-state index is 13.3. The topological polar surface area (TPSA) is 52.9 Å². The van der Waals surface area contributed by atoms with Crippen LogP contribution in [0.2, 0.25) is 0 Å². The number of rotatable bonds is 3. The Morgan fingerprint density at radius 1 is 1.18 bits per heavy atom. The molecule has 0 aliphatic carbocycles. The average Bonchev–Trinajstić information content (AvgIpc) is 3.47. The summed E-state index contributed by atoms with van der Waals surface area (Å²) in [6.07, 6.45) is 5.44. The smallest absolute Gasteiger partial charge is 0.323 e. The number of urea groups is 1. The highest BCUT2D eigenvalue weighted by Crippen LogP contribution is 2.31. The molecule has 3 aromatic rings. The van der Waals surface area contributed by atoms with E-state index >= 15 is 0 Å². The molecule has 28 heavy (non-hydrogen) atoms. The molecule has 4 heterocycles. The standard InChI is InChI=1S/C20H22FN5OS/c21-15-5-3-14(4-6-15)17-18(26-11-12-28-20(26)22-17)23-19(27)25-10-7-16(13-25)24-8-1-2-9-24/h3-6,11-12,16H,1-2,7-10,13H2,(H,23,27)/t16-/m1/s1. The summed E-state index contributed by atoms with van der Waals surface area (Å²) >= 11 is 1.50. The second-order valence-corrected chi connectivity index (χ2v) is 8.31. The summed E-state index contributed by atoms with van der Waals surface area (Å²) in [6, 6.07) is 6.58. The van der Waals surface area contributed by atoms with E-state index < -0.39 is 0 Å². The van der Waals surface area contributed by atoms with Gasteiger partial charge >= 0.3 is 6.03 Å². The molecule has 146 valence electrons. The molecule has 8 heteroatoms. The zero-order chi connectivity index (χ0) is 19.1. The van der Waals surface area contributed by atoms with Gasteiger partial charge in [0.05, 0.1) is 0 Å². The van der Waals surface area contributed by atoms with Gasteiger partial charge in [-0.15, -0.1) is 11.3 Å². The number of hydrogen-bond acceptors (Lipinski definition) is 4. The van der Waals surface area contributed by atoms with Crippen LogP contribution in [0.25, 0.3) is 16.2 Å². The van der Waals surface area contributed by atoms with Crippen molar-refractivity contribution in [1.29, 1.82) is 0 Å². The molecule has 2 aliphatic heterocycles. The fourth-order valence-electron chi connectivity index (χ4n) is 4.23. The van der Waals surface area contributed by atoms with E-state index in [2.05, 4.69) is 15.2 Å². The minimum absolute atomic E-state index is 0.0990. The number of hydrogen-bond donors (Lipinski definition) is 1. The van der Waals surface area contributed by atoms with E-state index in [1.807, 2.05) is 20.9 Å². The summed E-state index contributed by atoms with van der Waals surface area (Å²) in [7, 11) is 0. The molecular weight excluding hydrogens is 377 g/mol. The maximum Gasteiger partial charge on any atom is 0.323 e. The van der Waals surface area contributed by atoms with Crippen molar-refractivity contribution in [2.24, 2.45) is 0 Å². The van der Waals surface area contributed by atoms with Crippen LogP contribution >= 0.6 is 11.3 Å². The number of imidazole rings is 1. The Balaban J connectivity index is 1.38. The van der Waals surface area contributed by atoms with Crippen LogP contribution < -0.4 is 5.32 Å². The van der Waals surface area contributed by atoms with E-state index in [-0.39, 0.29) is 11.8 Å². The van der Waals surface area contributed by atoms with E-state index in [0.29, 0.717) is 17.6 Å². The molecule has 2 amide bonds. The van der Waals surface area contributed by atoms with Gasteiger partial charge in [-0.1, -0.05) is 0 Å². The van der Waals surface area contributed by atoms with Crippen molar-refractivity contribution in [2.75, 3.05) is 31.5 Å². The quantitative estimate of drug-likeness (QED) is 0.727. The van der Waals surface area contributed by atoms with E-state index in [1.165, 1.54) is 36.3 Å². The third kappa shape index (κ3) is 3.16. The number of halogens is 1. The van der Waals surface area contributed by atoms with E-state index in [0.717, 1.165) is 43.1 Å². The van der Waals surface area contributed by atoms with Gasteiger partial charge in [0.2, 0.25) is 0 Å². The summed E-state index contributed by atoms with van der Waals surface area (Å²) in [4.78, 5) is 22.8. The third-order valence-corrected chi connectivity index (χ3v) is 6.47. The first kappa shape index (κ1) is 17.6. The predicted molar refractivity (Wildman–Crippen MR) is 108 cm³/mol. The van der Waals surface area contributed by atoms with Gasteiger partial charge in [-0.3, -0.25) is 14.6 Å². The summed E-state index contributed by atoms with van der Waals surface area (Å²) in [5.74, 6) is 0.345. The van der Waals surface area contributed by atoms with E-state index in [1.54, 1.807) is 12.1 Å². The predicted octanol–water partition coefficient (Wildman–Crippen LogP) is 3.90. The van der Waals surface area contributed by atoms with Crippen molar-refractivity contribution in [1.82, 2.24) is 19.2 Å². The Morgan fingerprint density at radius 3 is 2.75 bits per heavy atom. The second kappa shape index (κ2) is 7.18. The van der Waals surface area contributed by atoms with Gasteiger partial charge in [-0.25, -0.2) is 14.2 Å². The third-order valence-electron chi connectivity index (χ3n) is 5.71. The Kier molecular flexibility index (Phi) is 4.52. The maximum atomic E-state index is 13.3. The molecule has 1 N–H and O–H groups in total. The fourth-order valence-corrected chi connectivity index (χ4v) is 4.94. The number of nitrogens with one attached hydrogen (secondary N) is 1. The van der Waals surface area contributed by atoms with Crippen molar-refractivity contribution < 1.29 is 9.18 Å². The number of benzene rings is 1. The van der Waals surface area contributed by atoms with Crippen LogP contribution in [0.5, 0.6) is 0 Å². The molecule has 1 atom stereocenters. The molecule has 2 aliphatic rings. The summed E-state index contributed by atoms with van der Waals surface area (Å²) < 4.78 is 15.2. The number of amides is 2. The molecule has 1 aromatic carbocycles. The summed E-state index contributed by atoms with van der Waals surface area (Å²) in [5.41, 5.74) is 1.44. The first-order valence-electron chi connectivity index (χ1n) is 9.70. The monoisotopic (exact) mass is 399 g/mol. The molecule has 5 rings (SSSR count). The normalized spacial score (nSPS) is 20.3. The minimum atomic E-state index is -0.291. The summed E-state index contributed by atoms with van der Waals surface area (Å²) in [5, 5.41) is 5.00. The van der Waals surface area contributed by atoms with Crippen LogP contribution in [0.15, 0.2) is 35.8 Å². The first-order valence-corrected chi connectivity index (χ1v) is 10.6. The molecule has 2 saturated heterocycles. The number of nitrogens with zero attached hydrogens (tertiary/aromatic N) is 4. The van der Waals surface area contributed by atoms with Crippen LogP contribution in [-0.2, 0) is 0 Å². The minimum Gasteiger partial charge on any atom is -0.323 e. The van der Waals surface area contributed by atoms with Crippen molar-refractivity contribution in [2.45, 2.75) is 25.3 Å². The van der Waals surface area contributed by atoms with Crippen LogP contribution in [0, 0.1) is 5.82 Å². The SMILES string of the molecule is O=C(Nc1c(-c2ccc(F)cc2)nc2sccn12)N1CC[C@@H](N2CCCC2)C1. The van der Waals surface area contributed by atoms with Crippen LogP contribution in [-0.4, -0.2) is 57.4 Å². The van der Waals surface area contributed by atoms with Gasteiger partial charge in [0, 0.05) is 36.3 Å². The second-order valence-electron chi connectivity index (χ2n) is 7.43. The number of fused-ring (bicyclic) bond motifs is 1. The van der Waals surface area contributed by atoms with Gasteiger partial charge in [0.1, 0.15) is 17.3 Å². The number of anilines is 1. The molecular formula is C20H22FN5OS. The van der Waals surface area contributed by atoms with Gasteiger partial charge in [0.25, 0.3) is 0 Å². The van der Waals surface area contributed by atoms with Crippen LogP contribution in [0.3, 0.4) is 0 Å². The molecule has 6 nitrogen and oxygen atoms in total.